The summed E-state index contributed by atoms with van der Waals surface area (Å²) >= 11 is 0. The molecule has 0 bridgehead atoms. The van der Waals surface area contributed by atoms with Crippen molar-refractivity contribution in [3.05, 3.63) is 59.7 Å². The second-order valence-corrected chi connectivity index (χ2v) is 15.0. The van der Waals surface area contributed by atoms with Crippen LogP contribution in [0.4, 0.5) is 0 Å². The van der Waals surface area contributed by atoms with Crippen molar-refractivity contribution in [2.75, 3.05) is 0 Å². The first-order valence-corrected chi connectivity index (χ1v) is 15.1. The summed E-state index contributed by atoms with van der Waals surface area (Å²) < 4.78 is 11.0. The van der Waals surface area contributed by atoms with E-state index in [0.29, 0.717) is 24.3 Å². The van der Waals surface area contributed by atoms with Crippen molar-refractivity contribution >= 4 is 11.9 Å². The molecule has 0 amide bonds. The molecule has 0 saturated heterocycles. The number of ether oxygens (including phenoxy) is 2. The van der Waals surface area contributed by atoms with Crippen LogP contribution in [0.1, 0.15) is 120 Å². The zero-order valence-corrected chi connectivity index (χ0v) is 28.1. The van der Waals surface area contributed by atoms with E-state index in [-0.39, 0.29) is 21.7 Å². The maximum atomic E-state index is 11.0. The Balaban J connectivity index is 0.000000420. The van der Waals surface area contributed by atoms with Gasteiger partial charge in [0.2, 0.25) is 0 Å². The molecule has 0 aromatic heterocycles. The van der Waals surface area contributed by atoms with E-state index >= 15 is 0 Å². The molecule has 2 aromatic rings. The van der Waals surface area contributed by atoms with Gasteiger partial charge in [0, 0.05) is 0 Å². The maximum Gasteiger partial charge on any atom is 0.344 e. The largest absolute Gasteiger partial charge is 0.479 e. The van der Waals surface area contributed by atoms with Crippen LogP contribution in [0, 0.1) is 10.8 Å². The third-order valence-electron chi connectivity index (χ3n) is 7.07. The highest BCUT2D eigenvalue weighted by molar-refractivity contribution is 5.73. The molecule has 236 valence electrons. The zero-order chi connectivity index (χ0) is 32.5. The maximum absolute atomic E-state index is 11.0. The third kappa shape index (κ3) is 12.9. The van der Waals surface area contributed by atoms with E-state index in [1.54, 1.807) is 13.8 Å². The standard InChI is InChI=1S/2C18H28O3/c2*1-7-15(16(19)20)21-14-10-8-13(9-11-14)18(5,6)12-17(2,3)4/h2*8-11,15H,7,12H2,1-6H3,(H,19,20)/t2*15-/m10/s1. The van der Waals surface area contributed by atoms with Gasteiger partial charge in [-0.1, -0.05) is 107 Å². The number of aliphatic carboxylic acids is 2. The number of rotatable bonds is 12. The second kappa shape index (κ2) is 14.9. The molecule has 0 radical (unpaired) electrons. The van der Waals surface area contributed by atoms with Crippen LogP contribution < -0.4 is 9.47 Å². The second-order valence-electron chi connectivity index (χ2n) is 15.0. The minimum Gasteiger partial charge on any atom is -0.479 e. The fourth-order valence-corrected chi connectivity index (χ4v) is 5.77. The van der Waals surface area contributed by atoms with Crippen LogP contribution in [-0.4, -0.2) is 34.4 Å². The van der Waals surface area contributed by atoms with Crippen molar-refractivity contribution < 1.29 is 29.3 Å². The summed E-state index contributed by atoms with van der Waals surface area (Å²) in [6, 6.07) is 15.6. The van der Waals surface area contributed by atoms with Gasteiger partial charge in [-0.25, -0.2) is 9.59 Å². The molecule has 0 spiro atoms. The van der Waals surface area contributed by atoms with Crippen LogP contribution in [0.2, 0.25) is 0 Å². The molecule has 6 heteroatoms. The van der Waals surface area contributed by atoms with Crippen LogP contribution in [0.5, 0.6) is 11.5 Å². The van der Waals surface area contributed by atoms with E-state index in [2.05, 4.69) is 69.2 Å². The van der Waals surface area contributed by atoms with E-state index in [1.807, 2.05) is 48.5 Å². The Morgan fingerprint density at radius 3 is 1.02 bits per heavy atom. The molecule has 2 atom stereocenters. The lowest BCUT2D eigenvalue weighted by atomic mass is 9.72. The Morgan fingerprint density at radius 1 is 0.571 bits per heavy atom. The van der Waals surface area contributed by atoms with Gasteiger partial charge in [0.25, 0.3) is 0 Å². The lowest BCUT2D eigenvalue weighted by Crippen LogP contribution is -2.26. The fraction of sp³-hybridized carbons (Fsp3) is 0.611. The molecule has 0 unspecified atom stereocenters. The van der Waals surface area contributed by atoms with Crippen LogP contribution in [0.3, 0.4) is 0 Å². The van der Waals surface area contributed by atoms with Crippen molar-refractivity contribution in [1.82, 2.24) is 0 Å². The number of carboxylic acid groups (broad SMARTS) is 2. The van der Waals surface area contributed by atoms with Crippen molar-refractivity contribution in [2.24, 2.45) is 10.8 Å². The van der Waals surface area contributed by atoms with E-state index in [1.165, 1.54) is 11.1 Å². The Hall–Kier alpha value is -3.02. The van der Waals surface area contributed by atoms with Crippen LogP contribution >= 0.6 is 0 Å². The SMILES string of the molecule is CC[C@@H](Oc1ccc(C(C)(C)CC(C)(C)C)cc1)C(=O)O.CC[C@H](Oc1ccc(C(C)(C)CC(C)(C)C)cc1)C(=O)O. The van der Waals surface area contributed by atoms with Crippen molar-refractivity contribution in [1.29, 1.82) is 0 Å². The van der Waals surface area contributed by atoms with Crippen molar-refractivity contribution in [3.63, 3.8) is 0 Å². The molecule has 0 aliphatic rings. The van der Waals surface area contributed by atoms with E-state index in [0.717, 1.165) is 12.8 Å². The quantitative estimate of drug-likeness (QED) is 0.258. The van der Waals surface area contributed by atoms with Gasteiger partial charge in [0.1, 0.15) is 11.5 Å². The van der Waals surface area contributed by atoms with Gasteiger partial charge >= 0.3 is 11.9 Å². The van der Waals surface area contributed by atoms with Crippen LogP contribution in [-0.2, 0) is 20.4 Å². The third-order valence-corrected chi connectivity index (χ3v) is 7.07. The summed E-state index contributed by atoms with van der Waals surface area (Å²) in [5.74, 6) is -0.622. The number of carbonyl (C=O) groups is 2. The molecule has 0 aliphatic heterocycles. The predicted molar refractivity (Wildman–Crippen MR) is 172 cm³/mol. The Kier molecular flexibility index (Phi) is 13.2. The minimum absolute atomic E-state index is 0.0771. The molecule has 0 fully saturated rings. The molecule has 2 aromatic carbocycles. The summed E-state index contributed by atoms with van der Waals surface area (Å²) in [6.45, 7) is 26.0. The Labute approximate surface area is 254 Å². The first-order chi connectivity index (χ1) is 19.1. The number of hydrogen-bond acceptors (Lipinski definition) is 4. The zero-order valence-electron chi connectivity index (χ0n) is 28.1. The molecule has 0 heterocycles. The van der Waals surface area contributed by atoms with E-state index in [9.17, 15) is 9.59 Å². The molecular formula is C36H56O6. The lowest BCUT2D eigenvalue weighted by molar-refractivity contribution is -0.146. The highest BCUT2D eigenvalue weighted by Gasteiger charge is 2.28. The van der Waals surface area contributed by atoms with Gasteiger partial charge in [0.15, 0.2) is 12.2 Å². The number of carboxylic acids is 2. The van der Waals surface area contributed by atoms with Gasteiger partial charge in [-0.3, -0.25) is 0 Å². The predicted octanol–water partition coefficient (Wildman–Crippen LogP) is 9.28. The Bertz CT molecular complexity index is 1020. The average Bonchev–Trinajstić information content (AvgIpc) is 2.83. The van der Waals surface area contributed by atoms with Crippen LogP contribution in [0.15, 0.2) is 48.5 Å². The Morgan fingerprint density at radius 2 is 0.833 bits per heavy atom. The van der Waals surface area contributed by atoms with Gasteiger partial charge in [-0.2, -0.15) is 0 Å². The molecular weight excluding hydrogens is 528 g/mol. The number of hydrogen-bond donors (Lipinski definition) is 2. The summed E-state index contributed by atoms with van der Waals surface area (Å²) in [4.78, 5) is 22.0. The smallest absolute Gasteiger partial charge is 0.344 e. The molecule has 2 N–H and O–H groups in total. The topological polar surface area (TPSA) is 93.1 Å². The summed E-state index contributed by atoms with van der Waals surface area (Å²) in [7, 11) is 0. The summed E-state index contributed by atoms with van der Waals surface area (Å²) in [5.41, 5.74) is 3.16. The summed E-state index contributed by atoms with van der Waals surface area (Å²) in [6.07, 6.45) is 1.50. The lowest BCUT2D eigenvalue weighted by Gasteiger charge is -2.33. The van der Waals surface area contributed by atoms with Gasteiger partial charge in [0.05, 0.1) is 0 Å². The van der Waals surface area contributed by atoms with E-state index < -0.39 is 24.1 Å². The monoisotopic (exact) mass is 584 g/mol. The normalized spacial score (nSPS) is 13.8. The summed E-state index contributed by atoms with van der Waals surface area (Å²) in [5, 5.41) is 18.0. The molecule has 0 saturated carbocycles. The minimum atomic E-state index is -0.922. The molecule has 0 aliphatic carbocycles. The average molecular weight is 585 g/mol. The highest BCUT2D eigenvalue weighted by Crippen LogP contribution is 2.38. The van der Waals surface area contributed by atoms with Crippen molar-refractivity contribution in [3.8, 4) is 11.5 Å². The molecule has 6 nitrogen and oxygen atoms in total. The first-order valence-electron chi connectivity index (χ1n) is 15.1. The first kappa shape index (κ1) is 37.0. The van der Waals surface area contributed by atoms with E-state index in [4.69, 9.17) is 19.7 Å². The van der Waals surface area contributed by atoms with Gasteiger partial charge in [-0.15, -0.1) is 0 Å². The molecule has 2 rings (SSSR count). The van der Waals surface area contributed by atoms with Gasteiger partial charge in [-0.05, 0) is 82.7 Å². The highest BCUT2D eigenvalue weighted by atomic mass is 16.5. The number of benzene rings is 2. The molecule has 42 heavy (non-hydrogen) atoms. The van der Waals surface area contributed by atoms with Crippen LogP contribution in [0.25, 0.3) is 0 Å². The van der Waals surface area contributed by atoms with Crippen molar-refractivity contribution in [2.45, 2.75) is 132 Å². The van der Waals surface area contributed by atoms with Gasteiger partial charge < -0.3 is 19.7 Å². The fourth-order valence-electron chi connectivity index (χ4n) is 5.77.